The van der Waals surface area contributed by atoms with E-state index in [9.17, 15) is 29.4 Å². The van der Waals surface area contributed by atoms with E-state index in [1.54, 1.807) is 0 Å². The SMILES string of the molecule is O=C(NCCN1CCOCC1)C1C2CCC(C(O)C2)C1C(=O)NC(=O)C1C2CCC(CC2O)C1C(=O)NCCN1CCOCC1. The van der Waals surface area contributed by atoms with Crippen LogP contribution >= 0.6 is 0 Å². The van der Waals surface area contributed by atoms with Gasteiger partial charge in [-0.15, -0.1) is 0 Å². The van der Waals surface area contributed by atoms with Crippen molar-refractivity contribution in [2.75, 3.05) is 78.8 Å². The third kappa shape index (κ3) is 7.23. The Morgan fingerprint density at radius 1 is 0.578 bits per heavy atom. The van der Waals surface area contributed by atoms with Crippen molar-refractivity contribution in [3.8, 4) is 0 Å². The third-order valence-corrected chi connectivity index (χ3v) is 11.6. The Hall–Kier alpha value is -2.16. The van der Waals surface area contributed by atoms with E-state index in [1.807, 2.05) is 0 Å². The molecular formula is C32H51N5O8. The molecule has 10 unspecified atom stereocenters. The Morgan fingerprint density at radius 3 is 1.36 bits per heavy atom. The number of morpholine rings is 2. The van der Waals surface area contributed by atoms with E-state index in [-0.39, 0.29) is 23.7 Å². The number of rotatable bonds is 10. The van der Waals surface area contributed by atoms with E-state index in [1.165, 1.54) is 0 Å². The lowest BCUT2D eigenvalue weighted by molar-refractivity contribution is -0.162. The van der Waals surface area contributed by atoms with Crippen LogP contribution in [0.5, 0.6) is 0 Å². The lowest BCUT2D eigenvalue weighted by atomic mass is 9.56. The average Bonchev–Trinajstić information content (AvgIpc) is 3.05. The molecule has 45 heavy (non-hydrogen) atoms. The van der Waals surface area contributed by atoms with Gasteiger partial charge >= 0.3 is 0 Å². The van der Waals surface area contributed by atoms with Crippen LogP contribution < -0.4 is 16.0 Å². The number of amides is 4. The fourth-order valence-electron chi connectivity index (χ4n) is 9.33. The molecule has 4 amide bonds. The van der Waals surface area contributed by atoms with Gasteiger partial charge in [0.15, 0.2) is 0 Å². The van der Waals surface area contributed by atoms with Gasteiger partial charge in [-0.2, -0.15) is 0 Å². The molecule has 4 bridgehead atoms. The van der Waals surface area contributed by atoms with Crippen LogP contribution in [0.4, 0.5) is 0 Å². The summed E-state index contributed by atoms with van der Waals surface area (Å²) in [7, 11) is 0. The predicted molar refractivity (Wildman–Crippen MR) is 161 cm³/mol. The summed E-state index contributed by atoms with van der Waals surface area (Å²) in [6.07, 6.45) is 2.28. The molecule has 13 heteroatoms. The van der Waals surface area contributed by atoms with E-state index < -0.39 is 59.5 Å². The maximum atomic E-state index is 13.9. The minimum atomic E-state index is -0.827. The van der Waals surface area contributed by atoms with Crippen molar-refractivity contribution in [1.82, 2.24) is 25.8 Å². The molecule has 252 valence electrons. The van der Waals surface area contributed by atoms with Crippen molar-refractivity contribution in [2.24, 2.45) is 47.3 Å². The van der Waals surface area contributed by atoms with Gasteiger partial charge in [0.2, 0.25) is 23.6 Å². The lowest BCUT2D eigenvalue weighted by Crippen LogP contribution is -2.61. The van der Waals surface area contributed by atoms with Crippen LogP contribution in [0.15, 0.2) is 0 Å². The second-order valence-corrected chi connectivity index (χ2v) is 14.1. The molecule has 0 radical (unpaired) electrons. The van der Waals surface area contributed by atoms with Gasteiger partial charge in [-0.3, -0.25) is 34.3 Å². The number of carbonyl (C=O) groups excluding carboxylic acids is 4. The number of aliphatic hydroxyl groups is 2. The molecule has 6 saturated carbocycles. The van der Waals surface area contributed by atoms with Crippen molar-refractivity contribution in [1.29, 1.82) is 0 Å². The van der Waals surface area contributed by atoms with Crippen LogP contribution in [0, 0.1) is 47.3 Å². The maximum Gasteiger partial charge on any atom is 0.230 e. The summed E-state index contributed by atoms with van der Waals surface area (Å²) < 4.78 is 10.8. The monoisotopic (exact) mass is 633 g/mol. The van der Waals surface area contributed by atoms with Crippen LogP contribution in [-0.2, 0) is 28.7 Å². The Labute approximate surface area is 265 Å². The average molecular weight is 634 g/mol. The van der Waals surface area contributed by atoms with Gasteiger partial charge in [-0.1, -0.05) is 0 Å². The smallest absolute Gasteiger partial charge is 0.230 e. The molecule has 0 spiro atoms. The van der Waals surface area contributed by atoms with Gasteiger partial charge in [-0.25, -0.2) is 0 Å². The zero-order chi connectivity index (χ0) is 31.5. The van der Waals surface area contributed by atoms with Gasteiger partial charge in [0.25, 0.3) is 0 Å². The molecule has 5 N–H and O–H groups in total. The fourth-order valence-corrected chi connectivity index (χ4v) is 9.33. The number of nitrogens with one attached hydrogen (secondary N) is 3. The van der Waals surface area contributed by atoms with E-state index in [4.69, 9.17) is 9.47 Å². The van der Waals surface area contributed by atoms with Gasteiger partial charge in [-0.05, 0) is 62.2 Å². The number of hydrogen-bond acceptors (Lipinski definition) is 10. The van der Waals surface area contributed by atoms with E-state index >= 15 is 0 Å². The molecule has 13 nitrogen and oxygen atoms in total. The molecule has 2 aliphatic heterocycles. The molecule has 6 aliphatic carbocycles. The molecule has 0 aromatic carbocycles. The quantitative estimate of drug-likeness (QED) is 0.180. The van der Waals surface area contributed by atoms with Crippen LogP contribution in [0.25, 0.3) is 0 Å². The van der Waals surface area contributed by atoms with Crippen molar-refractivity contribution in [3.05, 3.63) is 0 Å². The summed E-state index contributed by atoms with van der Waals surface area (Å²) in [5, 5.41) is 30.4. The summed E-state index contributed by atoms with van der Waals surface area (Å²) in [6, 6.07) is 0. The minimum Gasteiger partial charge on any atom is -0.393 e. The maximum absolute atomic E-state index is 13.9. The first-order valence-electron chi connectivity index (χ1n) is 17.2. The molecule has 8 aliphatic rings. The van der Waals surface area contributed by atoms with Gasteiger partial charge in [0.05, 0.1) is 62.3 Å². The number of aliphatic hydroxyl groups excluding tert-OH is 2. The lowest BCUT2D eigenvalue weighted by Gasteiger charge is -2.50. The Morgan fingerprint density at radius 2 is 0.978 bits per heavy atom. The predicted octanol–water partition coefficient (Wildman–Crippen LogP) is -1.43. The van der Waals surface area contributed by atoms with Crippen LogP contribution in [0.1, 0.15) is 38.5 Å². The van der Waals surface area contributed by atoms with E-state index in [0.717, 1.165) is 39.0 Å². The molecule has 2 heterocycles. The van der Waals surface area contributed by atoms with Crippen molar-refractivity contribution in [3.63, 3.8) is 0 Å². The topological polar surface area (TPSA) is 170 Å². The largest absolute Gasteiger partial charge is 0.393 e. The first-order chi connectivity index (χ1) is 21.8. The number of nitrogens with zero attached hydrogens (tertiary/aromatic N) is 2. The Balaban J connectivity index is 1.10. The minimum absolute atomic E-state index is 0.142. The molecular weight excluding hydrogens is 582 g/mol. The highest BCUT2D eigenvalue weighted by Crippen LogP contribution is 2.51. The first-order valence-corrected chi connectivity index (χ1v) is 17.2. The van der Waals surface area contributed by atoms with Crippen LogP contribution in [-0.4, -0.2) is 135 Å². The van der Waals surface area contributed by atoms with Crippen LogP contribution in [0.2, 0.25) is 0 Å². The highest BCUT2D eigenvalue weighted by Gasteiger charge is 2.57. The molecule has 8 fully saturated rings. The number of fused-ring (bicyclic) bond motifs is 6. The zero-order valence-corrected chi connectivity index (χ0v) is 26.2. The number of carbonyl (C=O) groups is 4. The van der Waals surface area contributed by atoms with E-state index in [2.05, 4.69) is 25.8 Å². The zero-order valence-electron chi connectivity index (χ0n) is 26.2. The highest BCUT2D eigenvalue weighted by molar-refractivity contribution is 6.01. The number of ether oxygens (including phenoxy) is 2. The molecule has 2 saturated heterocycles. The number of imide groups is 1. The normalized spacial score (nSPS) is 38.4. The van der Waals surface area contributed by atoms with Gasteiger partial charge < -0.3 is 30.3 Å². The highest BCUT2D eigenvalue weighted by atomic mass is 16.5. The standard InChI is InChI=1S/C32H51N5O8/c38-23-17-19-1-3-21(23)27(25(19)29(40)33-5-7-36-9-13-44-14-10-36)31(42)35-32(43)28-22-4-2-20(18-24(22)39)26(28)30(41)34-6-8-37-11-15-45-16-12-37/h19-28,38-39H,1-18H2,(H,33,40)(H,34,41)(H,35,42,43). The van der Waals surface area contributed by atoms with Crippen LogP contribution in [0.3, 0.4) is 0 Å². The Kier molecular flexibility index (Phi) is 10.7. The summed E-state index contributed by atoms with van der Waals surface area (Å²) in [5.74, 6) is -5.53. The summed E-state index contributed by atoms with van der Waals surface area (Å²) in [5.41, 5.74) is 0. The van der Waals surface area contributed by atoms with Crippen molar-refractivity contribution in [2.45, 2.75) is 50.7 Å². The van der Waals surface area contributed by atoms with Crippen molar-refractivity contribution >= 4 is 23.6 Å². The fraction of sp³-hybridized carbons (Fsp3) is 0.875. The molecule has 8 rings (SSSR count). The summed E-state index contributed by atoms with van der Waals surface area (Å²) in [6.45, 7) is 8.23. The van der Waals surface area contributed by atoms with E-state index in [0.29, 0.717) is 78.3 Å². The summed E-state index contributed by atoms with van der Waals surface area (Å²) in [4.78, 5) is 59.4. The van der Waals surface area contributed by atoms with Crippen molar-refractivity contribution < 1.29 is 38.9 Å². The molecule has 10 atom stereocenters. The van der Waals surface area contributed by atoms with Gasteiger partial charge in [0, 0.05) is 52.4 Å². The number of hydrogen-bond donors (Lipinski definition) is 5. The Bertz CT molecular complexity index is 1000. The second-order valence-electron chi connectivity index (χ2n) is 14.1. The third-order valence-electron chi connectivity index (χ3n) is 11.6. The van der Waals surface area contributed by atoms with Gasteiger partial charge in [0.1, 0.15) is 0 Å². The summed E-state index contributed by atoms with van der Waals surface area (Å²) >= 11 is 0. The second kappa shape index (κ2) is 14.7. The molecule has 0 aromatic heterocycles. The first kappa shape index (κ1) is 32.8. The molecule has 0 aromatic rings.